The lowest BCUT2D eigenvalue weighted by Gasteiger charge is -2.29. The molecule has 0 bridgehead atoms. The summed E-state index contributed by atoms with van der Waals surface area (Å²) in [6.07, 6.45) is 3.32. The number of rotatable bonds is 8. The summed E-state index contributed by atoms with van der Waals surface area (Å²) in [5.41, 5.74) is 5.85. The second-order valence-electron chi connectivity index (χ2n) is 4.09. The highest BCUT2D eigenvalue weighted by molar-refractivity contribution is 7.98. The van der Waals surface area contributed by atoms with E-state index in [0.717, 1.165) is 5.75 Å². The number of nitrogens with zero attached hydrogens (tertiary/aromatic N) is 1. The van der Waals surface area contributed by atoms with E-state index in [1.165, 1.54) is 0 Å². The highest BCUT2D eigenvalue weighted by Gasteiger charge is 2.22. The molecule has 0 aliphatic carbocycles. The second kappa shape index (κ2) is 8.84. The van der Waals surface area contributed by atoms with E-state index >= 15 is 0 Å². The number of carbonyl (C=O) groups is 1. The Balaban J connectivity index is 4.24. The van der Waals surface area contributed by atoms with Crippen molar-refractivity contribution in [1.29, 1.82) is 0 Å². The molecule has 0 aliphatic rings. The second-order valence-corrected chi connectivity index (χ2v) is 5.08. The highest BCUT2D eigenvalue weighted by Crippen LogP contribution is 2.06. The monoisotopic (exact) mass is 248 g/mol. The molecule has 0 aliphatic heterocycles. The predicted octanol–water partition coefficient (Wildman–Crippen LogP) is 0.686. The molecule has 0 fully saturated rings. The van der Waals surface area contributed by atoms with Gasteiger partial charge in [0, 0.05) is 19.2 Å². The van der Waals surface area contributed by atoms with Crippen LogP contribution in [0, 0.1) is 0 Å². The van der Waals surface area contributed by atoms with Gasteiger partial charge in [-0.1, -0.05) is 0 Å². The summed E-state index contributed by atoms with van der Waals surface area (Å²) >= 11 is 1.69. The van der Waals surface area contributed by atoms with Gasteiger partial charge in [0.15, 0.2) is 0 Å². The fraction of sp³-hybridized carbons (Fsp3) is 0.909. The molecule has 0 unspecified atom stereocenters. The minimum Gasteiger partial charge on any atom is -0.396 e. The van der Waals surface area contributed by atoms with Gasteiger partial charge in [0.05, 0.1) is 6.04 Å². The Morgan fingerprint density at radius 1 is 1.50 bits per heavy atom. The van der Waals surface area contributed by atoms with Crippen LogP contribution < -0.4 is 5.73 Å². The number of hydrogen-bond donors (Lipinski definition) is 2. The van der Waals surface area contributed by atoms with Crippen molar-refractivity contribution in [2.24, 2.45) is 5.73 Å². The van der Waals surface area contributed by atoms with E-state index in [-0.39, 0.29) is 18.6 Å². The largest absolute Gasteiger partial charge is 0.396 e. The summed E-state index contributed by atoms with van der Waals surface area (Å²) in [7, 11) is 0. The van der Waals surface area contributed by atoms with Gasteiger partial charge in [-0.05, 0) is 38.7 Å². The Bertz CT molecular complexity index is 200. The van der Waals surface area contributed by atoms with Gasteiger partial charge in [-0.15, -0.1) is 0 Å². The van der Waals surface area contributed by atoms with Crippen molar-refractivity contribution in [3.8, 4) is 0 Å². The third-order valence-corrected chi connectivity index (χ3v) is 3.06. The topological polar surface area (TPSA) is 66.6 Å². The van der Waals surface area contributed by atoms with Crippen LogP contribution in [0.4, 0.5) is 0 Å². The molecule has 0 saturated carbocycles. The summed E-state index contributed by atoms with van der Waals surface area (Å²) in [6, 6.07) is -0.270. The maximum atomic E-state index is 12.0. The van der Waals surface area contributed by atoms with Crippen molar-refractivity contribution in [1.82, 2.24) is 4.90 Å². The number of amides is 1. The van der Waals surface area contributed by atoms with Crippen molar-refractivity contribution in [2.75, 3.05) is 25.2 Å². The molecule has 0 aromatic heterocycles. The van der Waals surface area contributed by atoms with Crippen LogP contribution in [0.2, 0.25) is 0 Å². The lowest BCUT2D eigenvalue weighted by atomic mass is 10.1. The van der Waals surface area contributed by atoms with Gasteiger partial charge in [0.1, 0.15) is 0 Å². The van der Waals surface area contributed by atoms with Crippen molar-refractivity contribution in [2.45, 2.75) is 38.8 Å². The first-order chi connectivity index (χ1) is 7.54. The molecule has 0 aromatic rings. The first-order valence-electron chi connectivity index (χ1n) is 5.70. The molecular formula is C11H24N2O2S. The first kappa shape index (κ1) is 15.7. The molecule has 5 heteroatoms. The summed E-state index contributed by atoms with van der Waals surface area (Å²) in [6.45, 7) is 4.63. The molecular weight excluding hydrogens is 224 g/mol. The lowest BCUT2D eigenvalue weighted by Crippen LogP contribution is -2.47. The van der Waals surface area contributed by atoms with Crippen molar-refractivity contribution < 1.29 is 9.90 Å². The maximum Gasteiger partial charge on any atom is 0.239 e. The summed E-state index contributed by atoms with van der Waals surface area (Å²) < 4.78 is 0. The van der Waals surface area contributed by atoms with Crippen LogP contribution in [0.5, 0.6) is 0 Å². The minimum absolute atomic E-state index is 0.00231. The van der Waals surface area contributed by atoms with E-state index in [1.807, 2.05) is 20.1 Å². The molecule has 0 aromatic carbocycles. The zero-order valence-electron chi connectivity index (χ0n) is 10.5. The lowest BCUT2D eigenvalue weighted by molar-refractivity contribution is -0.134. The fourth-order valence-corrected chi connectivity index (χ4v) is 1.93. The van der Waals surface area contributed by atoms with Crippen LogP contribution in [0.1, 0.15) is 26.7 Å². The van der Waals surface area contributed by atoms with Gasteiger partial charge >= 0.3 is 0 Å². The van der Waals surface area contributed by atoms with Crippen LogP contribution >= 0.6 is 11.8 Å². The van der Waals surface area contributed by atoms with E-state index < -0.39 is 6.04 Å². The van der Waals surface area contributed by atoms with Crippen LogP contribution in [-0.4, -0.2) is 53.2 Å². The number of nitrogens with two attached hydrogens (primary N) is 1. The number of carbonyl (C=O) groups excluding carboxylic acids is 1. The quantitative estimate of drug-likeness (QED) is 0.663. The standard InChI is InChI=1S/C11H24N2O2S/c1-9(2)13(6-4-7-14)11(15)10(12)5-8-16-3/h9-10,14H,4-8,12H2,1-3H3/t10-/m1/s1. The molecule has 0 radical (unpaired) electrons. The van der Waals surface area contributed by atoms with Gasteiger partial charge < -0.3 is 15.7 Å². The van der Waals surface area contributed by atoms with Crippen molar-refractivity contribution in [3.63, 3.8) is 0 Å². The van der Waals surface area contributed by atoms with Crippen LogP contribution in [-0.2, 0) is 4.79 Å². The summed E-state index contributed by atoms with van der Waals surface area (Å²) in [5, 5.41) is 8.79. The van der Waals surface area contributed by atoms with E-state index in [0.29, 0.717) is 19.4 Å². The molecule has 0 rings (SSSR count). The smallest absolute Gasteiger partial charge is 0.239 e. The van der Waals surface area contributed by atoms with E-state index in [4.69, 9.17) is 10.8 Å². The fourth-order valence-electron chi connectivity index (χ4n) is 1.45. The Morgan fingerprint density at radius 3 is 2.56 bits per heavy atom. The van der Waals surface area contributed by atoms with Gasteiger partial charge in [0.25, 0.3) is 0 Å². The third-order valence-electron chi connectivity index (χ3n) is 2.41. The van der Waals surface area contributed by atoms with Crippen LogP contribution in [0.3, 0.4) is 0 Å². The number of aliphatic hydroxyl groups excluding tert-OH is 1. The Hall–Kier alpha value is -0.260. The van der Waals surface area contributed by atoms with Gasteiger partial charge in [-0.3, -0.25) is 4.79 Å². The van der Waals surface area contributed by atoms with E-state index in [9.17, 15) is 4.79 Å². The number of hydrogen-bond acceptors (Lipinski definition) is 4. The average molecular weight is 248 g/mol. The van der Waals surface area contributed by atoms with E-state index in [2.05, 4.69) is 0 Å². The Labute approximate surface area is 103 Å². The van der Waals surface area contributed by atoms with Crippen LogP contribution in [0.15, 0.2) is 0 Å². The molecule has 1 amide bonds. The Morgan fingerprint density at radius 2 is 2.12 bits per heavy atom. The SMILES string of the molecule is CSCC[C@@H](N)C(=O)N(CCCO)C(C)C. The molecule has 3 N–H and O–H groups in total. The number of thioether (sulfide) groups is 1. The highest BCUT2D eigenvalue weighted by atomic mass is 32.2. The number of aliphatic hydroxyl groups is 1. The third kappa shape index (κ3) is 5.72. The van der Waals surface area contributed by atoms with Crippen molar-refractivity contribution >= 4 is 17.7 Å². The maximum absolute atomic E-state index is 12.0. The molecule has 0 spiro atoms. The molecule has 1 atom stereocenters. The molecule has 0 saturated heterocycles. The molecule has 96 valence electrons. The Kier molecular flexibility index (Phi) is 8.70. The molecule has 4 nitrogen and oxygen atoms in total. The minimum atomic E-state index is -0.409. The van der Waals surface area contributed by atoms with Gasteiger partial charge in [0.2, 0.25) is 5.91 Å². The van der Waals surface area contributed by atoms with E-state index in [1.54, 1.807) is 16.7 Å². The summed E-state index contributed by atoms with van der Waals surface area (Å²) in [4.78, 5) is 13.8. The zero-order chi connectivity index (χ0) is 12.6. The first-order valence-corrected chi connectivity index (χ1v) is 7.09. The molecule has 0 heterocycles. The molecule has 16 heavy (non-hydrogen) atoms. The predicted molar refractivity (Wildman–Crippen MR) is 69.5 cm³/mol. The van der Waals surface area contributed by atoms with Gasteiger partial charge in [-0.25, -0.2) is 0 Å². The average Bonchev–Trinajstić information content (AvgIpc) is 2.25. The zero-order valence-corrected chi connectivity index (χ0v) is 11.3. The van der Waals surface area contributed by atoms with Crippen molar-refractivity contribution in [3.05, 3.63) is 0 Å². The summed E-state index contributed by atoms with van der Waals surface area (Å²) in [5.74, 6) is 0.899. The van der Waals surface area contributed by atoms with Crippen LogP contribution in [0.25, 0.3) is 0 Å². The van der Waals surface area contributed by atoms with Gasteiger partial charge in [-0.2, -0.15) is 11.8 Å². The normalized spacial score (nSPS) is 12.9.